The van der Waals surface area contributed by atoms with Crippen LogP contribution in [0.2, 0.25) is 0 Å². The Labute approximate surface area is 160 Å². The van der Waals surface area contributed by atoms with Gasteiger partial charge in [0, 0.05) is 0 Å². The van der Waals surface area contributed by atoms with E-state index in [0.29, 0.717) is 0 Å². The average Bonchev–Trinajstić information content (AvgIpc) is 2.68. The van der Waals surface area contributed by atoms with E-state index in [1.165, 1.54) is 6.92 Å². The van der Waals surface area contributed by atoms with Crippen LogP contribution in [-0.2, 0) is 20.9 Å². The molecule has 1 aliphatic rings. The molecule has 1 heterocycles. The zero-order valence-electron chi connectivity index (χ0n) is 15.1. The fraction of sp³-hybridized carbons (Fsp3) is 0.529. The lowest BCUT2D eigenvalue weighted by Gasteiger charge is -2.46. The maximum atomic E-state index is 12.2. The minimum absolute atomic E-state index is 0.0229. The second-order valence-corrected chi connectivity index (χ2v) is 6.39. The van der Waals surface area contributed by atoms with Crippen LogP contribution < -0.4 is 10.6 Å². The van der Waals surface area contributed by atoms with Gasteiger partial charge >= 0.3 is 6.09 Å². The molecule has 1 aromatic rings. The molecule has 0 radical (unpaired) electrons. The number of aliphatic hydroxyl groups is 5. The van der Waals surface area contributed by atoms with Crippen molar-refractivity contribution in [3.8, 4) is 0 Å². The van der Waals surface area contributed by atoms with Gasteiger partial charge in [-0.05, 0) is 12.5 Å². The van der Waals surface area contributed by atoms with Crippen molar-refractivity contribution < 1.29 is 44.6 Å². The number of carbonyl (C=O) groups is 2. The van der Waals surface area contributed by atoms with Crippen LogP contribution in [-0.4, -0.2) is 80.5 Å². The summed E-state index contributed by atoms with van der Waals surface area (Å²) in [7, 11) is 0. The van der Waals surface area contributed by atoms with Crippen molar-refractivity contribution in [2.75, 3.05) is 6.61 Å². The van der Waals surface area contributed by atoms with Crippen LogP contribution in [0.4, 0.5) is 4.79 Å². The number of rotatable bonds is 6. The summed E-state index contributed by atoms with van der Waals surface area (Å²) in [4.78, 5) is 24.0. The van der Waals surface area contributed by atoms with E-state index in [2.05, 4.69) is 5.32 Å². The number of ether oxygens (including phenoxy) is 2. The van der Waals surface area contributed by atoms with Gasteiger partial charge in [0.05, 0.1) is 6.61 Å². The number of benzene rings is 1. The fourth-order valence-corrected chi connectivity index (χ4v) is 2.56. The van der Waals surface area contributed by atoms with E-state index in [1.54, 1.807) is 30.3 Å². The molecule has 0 bridgehead atoms. The molecule has 0 aromatic heterocycles. The largest absolute Gasteiger partial charge is 0.445 e. The number of aliphatic hydroxyl groups excluding tert-OH is 4. The first-order chi connectivity index (χ1) is 13.2. The summed E-state index contributed by atoms with van der Waals surface area (Å²) in [5.74, 6) is -0.990. The van der Waals surface area contributed by atoms with Crippen molar-refractivity contribution in [2.45, 2.75) is 49.9 Å². The number of hydrogen-bond acceptors (Lipinski definition) is 9. The summed E-state index contributed by atoms with van der Waals surface area (Å²) in [6, 6.07) is 7.61. The van der Waals surface area contributed by atoms with Gasteiger partial charge in [-0.15, -0.1) is 0 Å². The Balaban J connectivity index is 1.91. The minimum Gasteiger partial charge on any atom is -0.445 e. The maximum Gasteiger partial charge on any atom is 0.408 e. The zero-order valence-corrected chi connectivity index (χ0v) is 15.1. The molecule has 6 atom stereocenters. The molecular formula is C17H24N2O9. The predicted molar refractivity (Wildman–Crippen MR) is 92.3 cm³/mol. The SMILES string of the molecule is CC(NC(=O)OCc1ccccc1)C(=O)N[C@]1(O)C(O)O[C@H](CO)[C@@H](O)[C@@H]1O. The van der Waals surface area contributed by atoms with E-state index in [0.717, 1.165) is 5.56 Å². The molecule has 11 heteroatoms. The summed E-state index contributed by atoms with van der Waals surface area (Å²) in [5, 5.41) is 53.2. The summed E-state index contributed by atoms with van der Waals surface area (Å²) in [6.07, 6.45) is -8.23. The van der Waals surface area contributed by atoms with E-state index in [-0.39, 0.29) is 6.61 Å². The summed E-state index contributed by atoms with van der Waals surface area (Å²) in [6.45, 7) is 0.521. The Hall–Kier alpha value is -2.28. The Bertz CT molecular complexity index is 674. The van der Waals surface area contributed by atoms with E-state index in [4.69, 9.17) is 14.6 Å². The van der Waals surface area contributed by atoms with Gasteiger partial charge in [-0.2, -0.15) is 0 Å². The fourth-order valence-electron chi connectivity index (χ4n) is 2.56. The van der Waals surface area contributed by atoms with Crippen LogP contribution >= 0.6 is 0 Å². The molecule has 28 heavy (non-hydrogen) atoms. The van der Waals surface area contributed by atoms with Gasteiger partial charge < -0.3 is 45.6 Å². The Morgan fingerprint density at radius 1 is 1.25 bits per heavy atom. The second kappa shape index (κ2) is 9.28. The number of hydrogen-bond donors (Lipinski definition) is 7. The van der Waals surface area contributed by atoms with Crippen molar-refractivity contribution in [3.05, 3.63) is 35.9 Å². The van der Waals surface area contributed by atoms with Gasteiger partial charge in [-0.1, -0.05) is 30.3 Å². The first-order valence-electron chi connectivity index (χ1n) is 8.51. The number of carbonyl (C=O) groups excluding carboxylic acids is 2. The topological polar surface area (TPSA) is 178 Å². The van der Waals surface area contributed by atoms with Gasteiger partial charge in [-0.25, -0.2) is 4.79 Å². The molecule has 7 N–H and O–H groups in total. The molecular weight excluding hydrogens is 376 g/mol. The van der Waals surface area contributed by atoms with E-state index in [1.807, 2.05) is 5.32 Å². The standard InChI is InChI=1S/C17H24N2O9/c1-9(18-16(25)27-8-10-5-3-2-4-6-10)14(23)19-17(26)13(22)12(21)11(7-20)28-15(17)24/h2-6,9,11-13,15,20-22,24,26H,7-8H2,1H3,(H,18,25)(H,19,23)/t9?,11-,12-,13+,15?,17-/m1/s1. The monoisotopic (exact) mass is 400 g/mol. The van der Waals surface area contributed by atoms with Gasteiger partial charge in [0.25, 0.3) is 0 Å². The number of nitrogens with one attached hydrogen (secondary N) is 2. The first-order valence-corrected chi connectivity index (χ1v) is 8.51. The van der Waals surface area contributed by atoms with Crippen molar-refractivity contribution >= 4 is 12.0 Å². The predicted octanol–water partition coefficient (Wildman–Crippen LogP) is -2.46. The van der Waals surface area contributed by atoms with Gasteiger partial charge in [-0.3, -0.25) is 4.79 Å². The van der Waals surface area contributed by atoms with Gasteiger partial charge in [0.1, 0.15) is 31.0 Å². The van der Waals surface area contributed by atoms with E-state index >= 15 is 0 Å². The normalized spacial score (nSPS) is 30.9. The molecule has 2 unspecified atom stereocenters. The molecule has 0 spiro atoms. The Morgan fingerprint density at radius 2 is 1.89 bits per heavy atom. The third-order valence-electron chi connectivity index (χ3n) is 4.28. The molecule has 1 saturated heterocycles. The third-order valence-corrected chi connectivity index (χ3v) is 4.28. The molecule has 0 aliphatic carbocycles. The van der Waals surface area contributed by atoms with Crippen LogP contribution in [0.25, 0.3) is 0 Å². The van der Waals surface area contributed by atoms with Crippen LogP contribution in [0.15, 0.2) is 30.3 Å². The lowest BCUT2D eigenvalue weighted by atomic mass is 9.93. The van der Waals surface area contributed by atoms with E-state index < -0.39 is 55.0 Å². The summed E-state index contributed by atoms with van der Waals surface area (Å²) >= 11 is 0. The highest BCUT2D eigenvalue weighted by molar-refractivity contribution is 5.85. The minimum atomic E-state index is -2.76. The molecule has 1 aliphatic heterocycles. The van der Waals surface area contributed by atoms with Crippen molar-refractivity contribution in [1.29, 1.82) is 0 Å². The van der Waals surface area contributed by atoms with E-state index in [9.17, 15) is 30.0 Å². The first kappa shape index (κ1) is 22.0. The van der Waals surface area contributed by atoms with Crippen LogP contribution in [0, 0.1) is 0 Å². The molecule has 11 nitrogen and oxygen atoms in total. The Morgan fingerprint density at radius 3 is 2.50 bits per heavy atom. The quantitative estimate of drug-likeness (QED) is 0.255. The smallest absolute Gasteiger partial charge is 0.408 e. The van der Waals surface area contributed by atoms with Crippen LogP contribution in [0.5, 0.6) is 0 Å². The van der Waals surface area contributed by atoms with Gasteiger partial charge in [0.15, 0.2) is 0 Å². The zero-order chi connectivity index (χ0) is 20.9. The summed E-state index contributed by atoms with van der Waals surface area (Å²) in [5.41, 5.74) is -2.02. The molecule has 2 amide bonds. The summed E-state index contributed by atoms with van der Waals surface area (Å²) < 4.78 is 9.77. The average molecular weight is 400 g/mol. The number of alkyl carbamates (subject to hydrolysis) is 1. The highest BCUT2D eigenvalue weighted by atomic mass is 16.6. The Kier molecular flexibility index (Phi) is 7.29. The highest BCUT2D eigenvalue weighted by Crippen LogP contribution is 2.26. The lowest BCUT2D eigenvalue weighted by Crippen LogP contribution is -2.74. The van der Waals surface area contributed by atoms with Gasteiger partial charge in [0.2, 0.25) is 17.9 Å². The molecule has 0 saturated carbocycles. The molecule has 156 valence electrons. The van der Waals surface area contributed by atoms with Crippen LogP contribution in [0.1, 0.15) is 12.5 Å². The highest BCUT2D eigenvalue weighted by Gasteiger charge is 2.55. The third kappa shape index (κ3) is 4.95. The maximum absolute atomic E-state index is 12.2. The second-order valence-electron chi connectivity index (χ2n) is 6.39. The molecule has 2 rings (SSSR count). The van der Waals surface area contributed by atoms with Crippen molar-refractivity contribution in [3.63, 3.8) is 0 Å². The van der Waals surface area contributed by atoms with Crippen molar-refractivity contribution in [1.82, 2.24) is 10.6 Å². The molecule has 1 aromatic carbocycles. The lowest BCUT2D eigenvalue weighted by molar-refractivity contribution is -0.336. The van der Waals surface area contributed by atoms with Crippen LogP contribution in [0.3, 0.4) is 0 Å². The van der Waals surface area contributed by atoms with Crippen molar-refractivity contribution in [2.24, 2.45) is 0 Å². The number of amides is 2. The molecule has 1 fully saturated rings.